The smallest absolute Gasteiger partial charge is 0.0308 e. The van der Waals surface area contributed by atoms with Gasteiger partial charge < -0.3 is 5.32 Å². The zero-order valence-corrected chi connectivity index (χ0v) is 13.7. The average molecular weight is 285 g/mol. The van der Waals surface area contributed by atoms with Crippen LogP contribution < -0.4 is 5.32 Å². The summed E-state index contributed by atoms with van der Waals surface area (Å²) in [5.74, 6) is 2.60. The van der Waals surface area contributed by atoms with E-state index in [1.54, 1.807) is 0 Å². The van der Waals surface area contributed by atoms with Gasteiger partial charge in [0.1, 0.15) is 0 Å². The van der Waals surface area contributed by atoms with E-state index in [2.05, 4.69) is 35.8 Å². The molecule has 1 unspecified atom stereocenters. The van der Waals surface area contributed by atoms with Crippen LogP contribution in [0.5, 0.6) is 0 Å². The number of thioether (sulfide) groups is 1. The average Bonchev–Trinajstić information content (AvgIpc) is 2.56. The van der Waals surface area contributed by atoms with Crippen molar-refractivity contribution < 1.29 is 0 Å². The molecule has 1 aliphatic heterocycles. The maximum atomic E-state index is 3.91. The van der Waals surface area contributed by atoms with Crippen LogP contribution in [0.15, 0.2) is 0 Å². The van der Waals surface area contributed by atoms with Crippen LogP contribution in [0.4, 0.5) is 0 Å². The molecule has 1 spiro atoms. The minimum absolute atomic E-state index is 0.459. The van der Waals surface area contributed by atoms with Crippen molar-refractivity contribution in [1.82, 2.24) is 10.2 Å². The predicted molar refractivity (Wildman–Crippen MR) is 87.1 cm³/mol. The molecule has 1 atom stereocenters. The van der Waals surface area contributed by atoms with Crippen molar-refractivity contribution >= 4 is 11.8 Å². The third kappa shape index (κ3) is 4.64. The molecule has 0 amide bonds. The number of rotatable bonds is 5. The van der Waals surface area contributed by atoms with Gasteiger partial charge in [0.25, 0.3) is 0 Å². The zero-order chi connectivity index (χ0) is 13.6. The minimum atomic E-state index is 0.459. The van der Waals surface area contributed by atoms with Crippen LogP contribution in [0.2, 0.25) is 0 Å². The summed E-state index contributed by atoms with van der Waals surface area (Å²) in [6.07, 6.45) is 9.80. The van der Waals surface area contributed by atoms with Gasteiger partial charge in [-0.05, 0) is 57.2 Å². The van der Waals surface area contributed by atoms with Crippen molar-refractivity contribution in [2.75, 3.05) is 31.1 Å². The molecule has 1 saturated carbocycles. The largest absolute Gasteiger partial charge is 0.310 e. The summed E-state index contributed by atoms with van der Waals surface area (Å²) >= 11 is 2.09. The summed E-state index contributed by atoms with van der Waals surface area (Å²) in [7, 11) is 0. The third-order valence-electron chi connectivity index (χ3n) is 4.94. The van der Waals surface area contributed by atoms with Gasteiger partial charge in [0.05, 0.1) is 0 Å². The SMILES string of the molecule is CCSCCCN1CC2(CCCCC2)NCCC1C. The molecule has 1 aliphatic carbocycles. The maximum Gasteiger partial charge on any atom is 0.0308 e. The fourth-order valence-corrected chi connectivity index (χ4v) is 4.33. The molecule has 0 bridgehead atoms. The molecule has 0 aromatic heterocycles. The number of hydrogen-bond acceptors (Lipinski definition) is 3. The summed E-state index contributed by atoms with van der Waals surface area (Å²) < 4.78 is 0. The Morgan fingerprint density at radius 2 is 2.05 bits per heavy atom. The second-order valence-corrected chi connectivity index (χ2v) is 7.82. The molecule has 2 rings (SSSR count). The molecule has 2 fully saturated rings. The molecule has 19 heavy (non-hydrogen) atoms. The van der Waals surface area contributed by atoms with E-state index in [0.29, 0.717) is 5.54 Å². The highest BCUT2D eigenvalue weighted by molar-refractivity contribution is 7.99. The summed E-state index contributed by atoms with van der Waals surface area (Å²) in [4.78, 5) is 2.78. The Labute approximate surface area is 124 Å². The Balaban J connectivity index is 1.87. The van der Waals surface area contributed by atoms with Crippen LogP contribution in [0.3, 0.4) is 0 Å². The molecule has 1 heterocycles. The van der Waals surface area contributed by atoms with E-state index in [1.165, 1.54) is 76.1 Å². The highest BCUT2D eigenvalue weighted by Gasteiger charge is 2.36. The first kappa shape index (κ1) is 15.7. The molecule has 3 heteroatoms. The van der Waals surface area contributed by atoms with Gasteiger partial charge in [0.15, 0.2) is 0 Å². The Hall–Kier alpha value is 0.270. The first-order valence-electron chi connectivity index (χ1n) is 8.32. The van der Waals surface area contributed by atoms with Crippen LogP contribution in [-0.4, -0.2) is 47.6 Å². The Morgan fingerprint density at radius 1 is 1.26 bits per heavy atom. The van der Waals surface area contributed by atoms with Gasteiger partial charge in [-0.25, -0.2) is 0 Å². The van der Waals surface area contributed by atoms with Crippen molar-refractivity contribution in [3.63, 3.8) is 0 Å². The van der Waals surface area contributed by atoms with Gasteiger partial charge in [0, 0.05) is 18.1 Å². The lowest BCUT2D eigenvalue weighted by atomic mass is 9.81. The second-order valence-electron chi connectivity index (χ2n) is 6.43. The lowest BCUT2D eigenvalue weighted by molar-refractivity contribution is 0.138. The minimum Gasteiger partial charge on any atom is -0.310 e. The van der Waals surface area contributed by atoms with E-state index in [-0.39, 0.29) is 0 Å². The molecule has 2 nitrogen and oxygen atoms in total. The molecule has 1 saturated heterocycles. The van der Waals surface area contributed by atoms with Gasteiger partial charge >= 0.3 is 0 Å². The third-order valence-corrected chi connectivity index (χ3v) is 5.93. The zero-order valence-electron chi connectivity index (χ0n) is 12.9. The quantitative estimate of drug-likeness (QED) is 0.778. The lowest BCUT2D eigenvalue weighted by Crippen LogP contribution is -2.53. The first-order valence-corrected chi connectivity index (χ1v) is 9.48. The van der Waals surface area contributed by atoms with Gasteiger partial charge in [-0.3, -0.25) is 4.90 Å². The summed E-state index contributed by atoms with van der Waals surface area (Å²) in [6.45, 7) is 8.51. The lowest BCUT2D eigenvalue weighted by Gasteiger charge is -2.41. The van der Waals surface area contributed by atoms with E-state index in [9.17, 15) is 0 Å². The van der Waals surface area contributed by atoms with Crippen molar-refractivity contribution in [3.8, 4) is 0 Å². The van der Waals surface area contributed by atoms with Gasteiger partial charge in [-0.15, -0.1) is 0 Å². The van der Waals surface area contributed by atoms with Crippen LogP contribution in [0.25, 0.3) is 0 Å². The molecule has 0 aromatic rings. The molecule has 0 aromatic carbocycles. The van der Waals surface area contributed by atoms with E-state index in [4.69, 9.17) is 0 Å². The molecular weight excluding hydrogens is 252 g/mol. The predicted octanol–water partition coefficient (Wildman–Crippen LogP) is 3.52. The van der Waals surface area contributed by atoms with Gasteiger partial charge in [-0.1, -0.05) is 26.2 Å². The molecular formula is C16H32N2S. The van der Waals surface area contributed by atoms with Crippen molar-refractivity contribution in [3.05, 3.63) is 0 Å². The fourth-order valence-electron chi connectivity index (χ4n) is 3.71. The summed E-state index contributed by atoms with van der Waals surface area (Å²) in [5.41, 5.74) is 0.459. The summed E-state index contributed by atoms with van der Waals surface area (Å²) in [6, 6.07) is 0.764. The summed E-state index contributed by atoms with van der Waals surface area (Å²) in [5, 5.41) is 3.91. The Bertz CT molecular complexity index is 251. The number of hydrogen-bond donors (Lipinski definition) is 1. The van der Waals surface area contributed by atoms with Gasteiger partial charge in [-0.2, -0.15) is 11.8 Å². The first-order chi connectivity index (χ1) is 9.26. The Morgan fingerprint density at radius 3 is 2.79 bits per heavy atom. The van der Waals surface area contributed by atoms with Crippen molar-refractivity contribution in [2.24, 2.45) is 0 Å². The van der Waals surface area contributed by atoms with Crippen LogP contribution in [-0.2, 0) is 0 Å². The van der Waals surface area contributed by atoms with E-state index in [1.807, 2.05) is 0 Å². The van der Waals surface area contributed by atoms with Crippen molar-refractivity contribution in [1.29, 1.82) is 0 Å². The molecule has 2 aliphatic rings. The van der Waals surface area contributed by atoms with Gasteiger partial charge in [0.2, 0.25) is 0 Å². The highest BCUT2D eigenvalue weighted by atomic mass is 32.2. The maximum absolute atomic E-state index is 3.91. The fraction of sp³-hybridized carbons (Fsp3) is 1.00. The monoisotopic (exact) mass is 284 g/mol. The standard InChI is InChI=1S/C16H32N2S/c1-3-19-13-7-12-18-14-16(9-5-4-6-10-16)17-11-8-15(18)2/h15,17H,3-14H2,1-2H3. The second kappa shape index (κ2) is 7.90. The number of nitrogens with zero attached hydrogens (tertiary/aromatic N) is 1. The Kier molecular flexibility index (Phi) is 6.51. The number of nitrogens with one attached hydrogen (secondary N) is 1. The topological polar surface area (TPSA) is 15.3 Å². The van der Waals surface area contributed by atoms with Crippen LogP contribution in [0, 0.1) is 0 Å². The van der Waals surface area contributed by atoms with Crippen molar-refractivity contribution in [2.45, 2.75) is 70.4 Å². The van der Waals surface area contributed by atoms with E-state index in [0.717, 1.165) is 6.04 Å². The molecule has 1 N–H and O–H groups in total. The normalized spacial score (nSPS) is 28.4. The van der Waals surface area contributed by atoms with E-state index < -0.39 is 0 Å². The molecule has 112 valence electrons. The highest BCUT2D eigenvalue weighted by Crippen LogP contribution is 2.31. The van der Waals surface area contributed by atoms with Crippen LogP contribution >= 0.6 is 11.8 Å². The van der Waals surface area contributed by atoms with Crippen LogP contribution in [0.1, 0.15) is 58.8 Å². The molecule has 0 radical (unpaired) electrons. The van der Waals surface area contributed by atoms with E-state index >= 15 is 0 Å².